The van der Waals surface area contributed by atoms with Gasteiger partial charge in [-0.3, -0.25) is 4.79 Å². The minimum absolute atomic E-state index is 0.154. The average Bonchev–Trinajstić information content (AvgIpc) is 2.34. The first kappa shape index (κ1) is 14.8. The van der Waals surface area contributed by atoms with E-state index in [-0.39, 0.29) is 5.97 Å². The molecule has 0 atom stereocenters. The first-order valence-corrected chi connectivity index (χ1v) is 6.36. The smallest absolute Gasteiger partial charge is 0.305 e. The Labute approximate surface area is 113 Å². The van der Waals surface area contributed by atoms with Gasteiger partial charge in [0.25, 0.3) is 0 Å². The number of unbranched alkanes of at least 4 members (excludes halogenated alkanes) is 1. The second kappa shape index (κ2) is 7.27. The Morgan fingerprint density at radius 3 is 2.56 bits per heavy atom. The highest BCUT2D eigenvalue weighted by molar-refractivity contribution is 6.32. The molecule has 0 N–H and O–H groups in total. The highest BCUT2D eigenvalue weighted by atomic mass is 35.5. The van der Waals surface area contributed by atoms with Crippen molar-refractivity contribution in [1.82, 2.24) is 0 Å². The molecule has 1 aromatic carbocycles. The number of hydrogen-bond donors (Lipinski definition) is 0. The Morgan fingerprint density at radius 2 is 2.00 bits per heavy atom. The standard InChI is InChI=1S/C14H19ClO3/c1-10-8-11(9-12(15)14(10)18-3)6-4-5-7-13(16)17-2/h8-9H,4-7H2,1-3H3. The van der Waals surface area contributed by atoms with E-state index < -0.39 is 0 Å². The number of carbonyl (C=O) groups is 1. The molecule has 0 radical (unpaired) electrons. The third kappa shape index (κ3) is 4.22. The summed E-state index contributed by atoms with van der Waals surface area (Å²) in [5, 5.41) is 0.639. The summed E-state index contributed by atoms with van der Waals surface area (Å²) in [5.74, 6) is 0.578. The summed E-state index contributed by atoms with van der Waals surface area (Å²) in [6.07, 6.45) is 3.15. The van der Waals surface area contributed by atoms with Crippen LogP contribution < -0.4 is 4.74 Å². The van der Waals surface area contributed by atoms with Gasteiger partial charge in [-0.15, -0.1) is 0 Å². The molecule has 18 heavy (non-hydrogen) atoms. The lowest BCUT2D eigenvalue weighted by molar-refractivity contribution is -0.140. The van der Waals surface area contributed by atoms with Crippen molar-refractivity contribution >= 4 is 17.6 Å². The number of methoxy groups -OCH3 is 2. The number of rotatable bonds is 6. The van der Waals surface area contributed by atoms with Crippen LogP contribution in [0.15, 0.2) is 12.1 Å². The summed E-state index contributed by atoms with van der Waals surface area (Å²) >= 11 is 6.12. The Kier molecular flexibility index (Phi) is 5.99. The van der Waals surface area contributed by atoms with Gasteiger partial charge in [0.2, 0.25) is 0 Å². The average molecular weight is 271 g/mol. The van der Waals surface area contributed by atoms with E-state index in [4.69, 9.17) is 16.3 Å². The van der Waals surface area contributed by atoms with Crippen molar-refractivity contribution in [3.05, 3.63) is 28.3 Å². The van der Waals surface area contributed by atoms with Crippen molar-refractivity contribution in [3.8, 4) is 5.75 Å². The fraction of sp³-hybridized carbons (Fsp3) is 0.500. The van der Waals surface area contributed by atoms with Crippen molar-refractivity contribution in [2.24, 2.45) is 0 Å². The summed E-state index contributed by atoms with van der Waals surface area (Å²) in [4.78, 5) is 11.0. The van der Waals surface area contributed by atoms with Crippen LogP contribution in [0.3, 0.4) is 0 Å². The molecular formula is C14H19ClO3. The lowest BCUT2D eigenvalue weighted by atomic mass is 10.0. The molecule has 0 aliphatic heterocycles. The van der Waals surface area contributed by atoms with Crippen LogP contribution >= 0.6 is 11.6 Å². The SMILES string of the molecule is COC(=O)CCCCc1cc(C)c(OC)c(Cl)c1. The number of halogens is 1. The topological polar surface area (TPSA) is 35.5 Å². The molecule has 0 fully saturated rings. The van der Waals surface area contributed by atoms with E-state index >= 15 is 0 Å². The minimum Gasteiger partial charge on any atom is -0.495 e. The van der Waals surface area contributed by atoms with Crippen molar-refractivity contribution in [1.29, 1.82) is 0 Å². The molecule has 0 aliphatic rings. The normalized spacial score (nSPS) is 10.2. The van der Waals surface area contributed by atoms with E-state index in [1.165, 1.54) is 12.7 Å². The van der Waals surface area contributed by atoms with Crippen LogP contribution in [0.4, 0.5) is 0 Å². The molecule has 0 spiro atoms. The van der Waals surface area contributed by atoms with E-state index in [9.17, 15) is 4.79 Å². The number of carbonyl (C=O) groups excluding carboxylic acids is 1. The molecule has 0 heterocycles. The van der Waals surface area contributed by atoms with Gasteiger partial charge in [0.1, 0.15) is 5.75 Å². The maximum atomic E-state index is 11.0. The van der Waals surface area contributed by atoms with Gasteiger partial charge in [0.15, 0.2) is 0 Å². The molecule has 3 nitrogen and oxygen atoms in total. The molecule has 0 saturated heterocycles. The van der Waals surface area contributed by atoms with Crippen LogP contribution in [-0.2, 0) is 16.0 Å². The van der Waals surface area contributed by atoms with E-state index in [2.05, 4.69) is 10.8 Å². The van der Waals surface area contributed by atoms with E-state index in [0.717, 1.165) is 30.6 Å². The molecule has 1 aromatic rings. The Morgan fingerprint density at radius 1 is 1.28 bits per heavy atom. The largest absolute Gasteiger partial charge is 0.495 e. The predicted octanol–water partition coefficient (Wildman–Crippen LogP) is 3.54. The maximum absolute atomic E-state index is 11.0. The fourth-order valence-electron chi connectivity index (χ4n) is 1.91. The predicted molar refractivity (Wildman–Crippen MR) is 72.3 cm³/mol. The number of aryl methyl sites for hydroxylation is 2. The zero-order chi connectivity index (χ0) is 13.5. The first-order chi connectivity index (χ1) is 8.58. The Hall–Kier alpha value is -1.22. The lowest BCUT2D eigenvalue weighted by Gasteiger charge is -2.09. The Bertz CT molecular complexity index is 392. The highest BCUT2D eigenvalue weighted by Crippen LogP contribution is 2.30. The number of hydrogen-bond acceptors (Lipinski definition) is 3. The zero-order valence-electron chi connectivity index (χ0n) is 11.1. The van der Waals surface area contributed by atoms with Crippen LogP contribution in [0.1, 0.15) is 30.4 Å². The van der Waals surface area contributed by atoms with Crippen molar-refractivity contribution in [2.45, 2.75) is 32.6 Å². The summed E-state index contributed by atoms with van der Waals surface area (Å²) in [7, 11) is 3.03. The van der Waals surface area contributed by atoms with Gasteiger partial charge in [-0.25, -0.2) is 0 Å². The molecule has 0 aliphatic carbocycles. The molecule has 1 rings (SSSR count). The second-order valence-corrected chi connectivity index (χ2v) is 4.62. The van der Waals surface area contributed by atoms with Gasteiger partial charge >= 0.3 is 5.97 Å². The molecular weight excluding hydrogens is 252 g/mol. The monoisotopic (exact) mass is 270 g/mol. The van der Waals surface area contributed by atoms with Gasteiger partial charge in [-0.05, 0) is 43.4 Å². The quantitative estimate of drug-likeness (QED) is 0.586. The van der Waals surface area contributed by atoms with Gasteiger partial charge in [-0.1, -0.05) is 17.7 Å². The third-order valence-corrected chi connectivity index (χ3v) is 3.10. The summed E-state index contributed by atoms with van der Waals surface area (Å²) in [6, 6.07) is 3.99. The lowest BCUT2D eigenvalue weighted by Crippen LogP contribution is -2.00. The van der Waals surface area contributed by atoms with E-state index in [1.54, 1.807) is 7.11 Å². The van der Waals surface area contributed by atoms with Crippen LogP contribution in [0.2, 0.25) is 5.02 Å². The van der Waals surface area contributed by atoms with Crippen LogP contribution in [0, 0.1) is 6.92 Å². The molecule has 0 aromatic heterocycles. The van der Waals surface area contributed by atoms with E-state index in [0.29, 0.717) is 11.4 Å². The fourth-order valence-corrected chi connectivity index (χ4v) is 2.27. The molecule has 0 amide bonds. The van der Waals surface area contributed by atoms with Crippen LogP contribution in [-0.4, -0.2) is 20.2 Å². The third-order valence-electron chi connectivity index (χ3n) is 2.82. The molecule has 0 bridgehead atoms. The maximum Gasteiger partial charge on any atom is 0.305 e. The second-order valence-electron chi connectivity index (χ2n) is 4.21. The van der Waals surface area contributed by atoms with Gasteiger partial charge in [0, 0.05) is 6.42 Å². The van der Waals surface area contributed by atoms with Crippen molar-refractivity contribution in [2.75, 3.05) is 14.2 Å². The summed E-state index contributed by atoms with van der Waals surface area (Å²) in [5.41, 5.74) is 2.20. The molecule has 0 unspecified atom stereocenters. The number of ether oxygens (including phenoxy) is 2. The first-order valence-electron chi connectivity index (χ1n) is 5.98. The summed E-state index contributed by atoms with van der Waals surface area (Å²) < 4.78 is 9.80. The minimum atomic E-state index is -0.154. The molecule has 4 heteroatoms. The van der Waals surface area contributed by atoms with Gasteiger partial charge in [0.05, 0.1) is 19.2 Å². The van der Waals surface area contributed by atoms with E-state index in [1.807, 2.05) is 13.0 Å². The molecule has 0 saturated carbocycles. The van der Waals surface area contributed by atoms with Crippen molar-refractivity contribution in [3.63, 3.8) is 0 Å². The Balaban J connectivity index is 2.51. The van der Waals surface area contributed by atoms with Crippen LogP contribution in [0.25, 0.3) is 0 Å². The van der Waals surface area contributed by atoms with Gasteiger partial charge in [-0.2, -0.15) is 0 Å². The highest BCUT2D eigenvalue weighted by Gasteiger charge is 2.07. The van der Waals surface area contributed by atoms with Crippen molar-refractivity contribution < 1.29 is 14.3 Å². The van der Waals surface area contributed by atoms with Crippen LogP contribution in [0.5, 0.6) is 5.75 Å². The van der Waals surface area contributed by atoms with Gasteiger partial charge < -0.3 is 9.47 Å². The number of esters is 1. The summed E-state index contributed by atoms with van der Waals surface area (Å²) in [6.45, 7) is 1.97. The number of benzene rings is 1. The zero-order valence-corrected chi connectivity index (χ0v) is 11.8. The molecule has 100 valence electrons.